The molecule has 27 heavy (non-hydrogen) atoms. The number of carboxylic acids is 1. The van der Waals surface area contributed by atoms with Crippen LogP contribution >= 0.6 is 0 Å². The zero-order chi connectivity index (χ0) is 19.4. The van der Waals surface area contributed by atoms with Crippen LogP contribution in [0, 0.1) is 0 Å². The van der Waals surface area contributed by atoms with Gasteiger partial charge in [0.1, 0.15) is 0 Å². The van der Waals surface area contributed by atoms with Crippen LogP contribution in [0.4, 0.5) is 0 Å². The third-order valence-corrected chi connectivity index (χ3v) is 6.10. The van der Waals surface area contributed by atoms with Crippen LogP contribution in [0.2, 0.25) is 0 Å². The SMILES string of the molecule is CCN(CC(=O)O)C1CCN(C(=O)[C@H](C)N2CCc3ccccc3C2)CC1. The summed E-state index contributed by atoms with van der Waals surface area (Å²) < 4.78 is 0. The Labute approximate surface area is 161 Å². The maximum atomic E-state index is 13.0. The van der Waals surface area contributed by atoms with Crippen LogP contribution in [0.3, 0.4) is 0 Å². The van der Waals surface area contributed by atoms with Crippen LogP contribution in [-0.2, 0) is 22.6 Å². The minimum absolute atomic E-state index is 0.0820. The Hall–Kier alpha value is -1.92. The molecule has 1 aromatic rings. The van der Waals surface area contributed by atoms with Crippen molar-refractivity contribution >= 4 is 11.9 Å². The standard InChI is InChI=1S/C21H31N3O3/c1-3-22(15-20(25)26)19-9-12-23(13-10-19)21(27)16(2)24-11-8-17-6-4-5-7-18(17)14-24/h4-7,16,19H,3,8-15H2,1-2H3,(H,25,26)/t16-/m0/s1. The summed E-state index contributed by atoms with van der Waals surface area (Å²) in [5.41, 5.74) is 2.72. The monoisotopic (exact) mass is 373 g/mol. The lowest BCUT2D eigenvalue weighted by molar-refractivity contribution is -0.141. The lowest BCUT2D eigenvalue weighted by atomic mass is 9.98. The molecule has 0 saturated carbocycles. The first-order valence-corrected chi connectivity index (χ1v) is 10.0. The molecule has 6 heteroatoms. The first kappa shape index (κ1) is 19.8. The molecule has 1 fully saturated rings. The van der Waals surface area contributed by atoms with Crippen LogP contribution in [0.1, 0.15) is 37.8 Å². The molecule has 1 amide bonds. The molecule has 2 heterocycles. The molecule has 0 unspecified atom stereocenters. The van der Waals surface area contributed by atoms with Crippen molar-refractivity contribution in [2.75, 3.05) is 32.7 Å². The van der Waals surface area contributed by atoms with Gasteiger partial charge in [-0.1, -0.05) is 31.2 Å². The summed E-state index contributed by atoms with van der Waals surface area (Å²) in [5, 5.41) is 9.06. The zero-order valence-electron chi connectivity index (χ0n) is 16.4. The Balaban J connectivity index is 1.54. The maximum Gasteiger partial charge on any atom is 0.317 e. The van der Waals surface area contributed by atoms with Crippen molar-refractivity contribution in [1.82, 2.24) is 14.7 Å². The Morgan fingerprint density at radius 2 is 1.85 bits per heavy atom. The summed E-state index contributed by atoms with van der Waals surface area (Å²) in [7, 11) is 0. The molecule has 1 atom stereocenters. The van der Waals surface area contributed by atoms with Gasteiger partial charge in [0.25, 0.3) is 0 Å². The number of amides is 1. The van der Waals surface area contributed by atoms with E-state index in [4.69, 9.17) is 5.11 Å². The average Bonchev–Trinajstić information content (AvgIpc) is 2.70. The highest BCUT2D eigenvalue weighted by atomic mass is 16.4. The van der Waals surface area contributed by atoms with Gasteiger partial charge in [-0.05, 0) is 43.9 Å². The third kappa shape index (κ3) is 4.68. The van der Waals surface area contributed by atoms with E-state index in [1.165, 1.54) is 11.1 Å². The van der Waals surface area contributed by atoms with Crippen LogP contribution in [0.5, 0.6) is 0 Å². The van der Waals surface area contributed by atoms with Gasteiger partial charge in [-0.2, -0.15) is 0 Å². The van der Waals surface area contributed by atoms with Crippen LogP contribution in [0.15, 0.2) is 24.3 Å². The number of carbonyl (C=O) groups is 2. The van der Waals surface area contributed by atoms with Crippen LogP contribution in [0.25, 0.3) is 0 Å². The summed E-state index contributed by atoms with van der Waals surface area (Å²) in [4.78, 5) is 30.3. The Kier molecular flexibility index (Phi) is 6.50. The van der Waals surface area contributed by atoms with Gasteiger partial charge in [0.15, 0.2) is 0 Å². The number of benzene rings is 1. The number of piperidine rings is 1. The van der Waals surface area contributed by atoms with Gasteiger partial charge in [0, 0.05) is 32.2 Å². The summed E-state index contributed by atoms with van der Waals surface area (Å²) in [6.07, 6.45) is 2.70. The fraction of sp³-hybridized carbons (Fsp3) is 0.619. The first-order chi connectivity index (χ1) is 13.0. The van der Waals surface area contributed by atoms with Gasteiger partial charge >= 0.3 is 5.97 Å². The summed E-state index contributed by atoms with van der Waals surface area (Å²) >= 11 is 0. The normalized spacial score (nSPS) is 19.7. The largest absolute Gasteiger partial charge is 0.480 e. The number of carboxylic acid groups (broad SMARTS) is 1. The number of nitrogens with zero attached hydrogens (tertiary/aromatic N) is 3. The van der Waals surface area contributed by atoms with Gasteiger partial charge in [0.05, 0.1) is 12.6 Å². The second kappa shape index (κ2) is 8.85. The predicted molar refractivity (Wildman–Crippen MR) is 105 cm³/mol. The molecule has 0 radical (unpaired) electrons. The van der Waals surface area contributed by atoms with Crippen molar-refractivity contribution in [2.45, 2.75) is 51.7 Å². The van der Waals surface area contributed by atoms with Crippen molar-refractivity contribution in [1.29, 1.82) is 0 Å². The van der Waals surface area contributed by atoms with Crippen molar-refractivity contribution in [3.63, 3.8) is 0 Å². The minimum Gasteiger partial charge on any atom is -0.480 e. The van der Waals surface area contributed by atoms with E-state index >= 15 is 0 Å². The number of hydrogen-bond acceptors (Lipinski definition) is 4. The Bertz CT molecular complexity index is 670. The highest BCUT2D eigenvalue weighted by Crippen LogP contribution is 2.22. The second-order valence-electron chi connectivity index (χ2n) is 7.68. The molecule has 1 aromatic carbocycles. The fourth-order valence-electron chi connectivity index (χ4n) is 4.39. The number of hydrogen-bond donors (Lipinski definition) is 1. The van der Waals surface area contributed by atoms with Crippen molar-refractivity contribution < 1.29 is 14.7 Å². The van der Waals surface area contributed by atoms with Gasteiger partial charge in [-0.25, -0.2) is 0 Å². The molecule has 0 aromatic heterocycles. The van der Waals surface area contributed by atoms with E-state index < -0.39 is 5.97 Å². The number of fused-ring (bicyclic) bond motifs is 1. The number of likely N-dealkylation sites (tertiary alicyclic amines) is 1. The molecule has 2 aliphatic rings. The van der Waals surface area contributed by atoms with Crippen LogP contribution in [-0.4, -0.2) is 76.5 Å². The molecule has 0 aliphatic carbocycles. The Morgan fingerprint density at radius 1 is 1.19 bits per heavy atom. The highest BCUT2D eigenvalue weighted by Gasteiger charge is 2.32. The van der Waals surface area contributed by atoms with E-state index in [2.05, 4.69) is 29.2 Å². The maximum absolute atomic E-state index is 13.0. The smallest absolute Gasteiger partial charge is 0.317 e. The van der Waals surface area contributed by atoms with Gasteiger partial charge in [0.2, 0.25) is 5.91 Å². The predicted octanol–water partition coefficient (Wildman–Crippen LogP) is 1.83. The van der Waals surface area contributed by atoms with E-state index in [1.807, 2.05) is 23.6 Å². The molecular weight excluding hydrogens is 342 g/mol. The van der Waals surface area contributed by atoms with Gasteiger partial charge < -0.3 is 10.0 Å². The molecule has 1 N–H and O–H groups in total. The molecule has 6 nitrogen and oxygen atoms in total. The molecule has 1 saturated heterocycles. The van der Waals surface area contributed by atoms with E-state index in [0.29, 0.717) is 13.1 Å². The number of aliphatic carboxylic acids is 1. The second-order valence-corrected chi connectivity index (χ2v) is 7.68. The number of rotatable bonds is 6. The molecule has 2 aliphatic heterocycles. The minimum atomic E-state index is -0.783. The average molecular weight is 373 g/mol. The van der Waals surface area contributed by atoms with Gasteiger partial charge in [-0.15, -0.1) is 0 Å². The van der Waals surface area contributed by atoms with Crippen molar-refractivity contribution in [3.05, 3.63) is 35.4 Å². The highest BCUT2D eigenvalue weighted by molar-refractivity contribution is 5.81. The van der Waals surface area contributed by atoms with E-state index in [1.54, 1.807) is 0 Å². The quantitative estimate of drug-likeness (QED) is 0.824. The lowest BCUT2D eigenvalue weighted by Gasteiger charge is -2.40. The molecule has 0 bridgehead atoms. The third-order valence-electron chi connectivity index (χ3n) is 6.10. The van der Waals surface area contributed by atoms with E-state index in [0.717, 1.165) is 38.9 Å². The van der Waals surface area contributed by atoms with Crippen molar-refractivity contribution in [3.8, 4) is 0 Å². The summed E-state index contributed by atoms with van der Waals surface area (Å²) in [5.74, 6) is -0.580. The van der Waals surface area contributed by atoms with Crippen molar-refractivity contribution in [2.24, 2.45) is 0 Å². The lowest BCUT2D eigenvalue weighted by Crippen LogP contribution is -2.53. The first-order valence-electron chi connectivity index (χ1n) is 10.0. The molecular formula is C21H31N3O3. The molecule has 148 valence electrons. The Morgan fingerprint density at radius 3 is 2.48 bits per heavy atom. The summed E-state index contributed by atoms with van der Waals surface area (Å²) in [6.45, 7) is 8.02. The fourth-order valence-corrected chi connectivity index (χ4v) is 4.39. The molecule has 3 rings (SSSR count). The van der Waals surface area contributed by atoms with Crippen LogP contribution < -0.4 is 0 Å². The zero-order valence-corrected chi connectivity index (χ0v) is 16.4. The van der Waals surface area contributed by atoms with E-state index in [-0.39, 0.29) is 24.5 Å². The number of likely N-dealkylation sites (N-methyl/N-ethyl adjacent to an activating group) is 1. The molecule has 0 spiro atoms. The summed E-state index contributed by atoms with van der Waals surface area (Å²) in [6, 6.07) is 8.63. The van der Waals surface area contributed by atoms with Gasteiger partial charge in [-0.3, -0.25) is 19.4 Å². The topological polar surface area (TPSA) is 64.1 Å². The number of carbonyl (C=O) groups excluding carboxylic acids is 1. The van der Waals surface area contributed by atoms with E-state index in [9.17, 15) is 9.59 Å².